The van der Waals surface area contributed by atoms with Gasteiger partial charge in [0.25, 0.3) is 0 Å². The summed E-state index contributed by atoms with van der Waals surface area (Å²) < 4.78 is 6.12. The number of aliphatic hydroxyl groups is 1. The van der Waals surface area contributed by atoms with Crippen LogP contribution in [-0.2, 0) is 0 Å². The number of para-hydroxylation sites is 1. The molecular weight excluding hydrogens is 202 g/mol. The number of rotatable bonds is 0. The molecule has 0 radical (unpaired) electrons. The lowest BCUT2D eigenvalue weighted by atomic mass is 9.88. The highest BCUT2D eigenvalue weighted by Crippen LogP contribution is 2.43. The Balaban J connectivity index is 1.95. The Morgan fingerprint density at radius 2 is 2.25 bits per heavy atom. The van der Waals surface area contributed by atoms with Crippen molar-refractivity contribution >= 4 is 0 Å². The van der Waals surface area contributed by atoms with Gasteiger partial charge in [-0.15, -0.1) is 0 Å². The topological polar surface area (TPSA) is 32.7 Å². The monoisotopic (exact) mass is 219 g/mol. The Labute approximate surface area is 95.6 Å². The average molecular weight is 219 g/mol. The number of likely N-dealkylation sites (N-methyl/N-ethyl adjacent to an activating group) is 1. The van der Waals surface area contributed by atoms with E-state index >= 15 is 0 Å². The van der Waals surface area contributed by atoms with Gasteiger partial charge in [0.1, 0.15) is 11.4 Å². The van der Waals surface area contributed by atoms with E-state index in [1.165, 1.54) is 0 Å². The Kier molecular flexibility index (Phi) is 2.19. The first-order valence-corrected chi connectivity index (χ1v) is 5.83. The normalized spacial score (nSPS) is 33.8. The van der Waals surface area contributed by atoms with Crippen molar-refractivity contribution in [1.82, 2.24) is 4.90 Å². The summed E-state index contributed by atoms with van der Waals surface area (Å²) in [6, 6.07) is 7.82. The summed E-state index contributed by atoms with van der Waals surface area (Å²) in [7, 11) is 2.10. The zero-order valence-corrected chi connectivity index (χ0v) is 9.52. The van der Waals surface area contributed by atoms with Crippen LogP contribution < -0.4 is 4.74 Å². The van der Waals surface area contributed by atoms with Crippen LogP contribution in [0.25, 0.3) is 0 Å². The molecule has 1 unspecified atom stereocenters. The summed E-state index contributed by atoms with van der Waals surface area (Å²) in [4.78, 5) is 2.26. The van der Waals surface area contributed by atoms with Gasteiger partial charge in [0.2, 0.25) is 0 Å². The minimum Gasteiger partial charge on any atom is -0.485 e. The van der Waals surface area contributed by atoms with Gasteiger partial charge in [0, 0.05) is 31.5 Å². The van der Waals surface area contributed by atoms with Gasteiger partial charge >= 0.3 is 0 Å². The third kappa shape index (κ3) is 1.51. The number of hydrogen-bond donors (Lipinski definition) is 1. The van der Waals surface area contributed by atoms with E-state index in [2.05, 4.69) is 11.9 Å². The standard InChI is InChI=1S/C13H17NO2/c1-14-7-6-13(9-14)8-11(15)10-4-2-3-5-12(10)16-13/h2-5,11,15H,6-9H2,1H3/t11-,13?/m1/s1. The molecule has 0 amide bonds. The zero-order chi connectivity index (χ0) is 11.2. The van der Waals surface area contributed by atoms with Gasteiger partial charge in [-0.05, 0) is 13.1 Å². The maximum absolute atomic E-state index is 10.2. The van der Waals surface area contributed by atoms with Crippen molar-refractivity contribution < 1.29 is 9.84 Å². The van der Waals surface area contributed by atoms with Crippen LogP contribution >= 0.6 is 0 Å². The van der Waals surface area contributed by atoms with Crippen molar-refractivity contribution in [3.05, 3.63) is 29.8 Å². The molecule has 1 aromatic carbocycles. The molecule has 0 aliphatic carbocycles. The van der Waals surface area contributed by atoms with Gasteiger partial charge in [-0.3, -0.25) is 0 Å². The third-order valence-corrected chi connectivity index (χ3v) is 3.68. The van der Waals surface area contributed by atoms with Crippen LogP contribution in [-0.4, -0.2) is 35.7 Å². The van der Waals surface area contributed by atoms with Crippen LogP contribution in [0.5, 0.6) is 5.75 Å². The molecule has 3 rings (SSSR count). The molecule has 3 nitrogen and oxygen atoms in total. The number of ether oxygens (including phenoxy) is 1. The van der Waals surface area contributed by atoms with Crippen LogP contribution in [0.4, 0.5) is 0 Å². The molecule has 0 aromatic heterocycles. The molecule has 1 spiro atoms. The van der Waals surface area contributed by atoms with Crippen LogP contribution in [0.15, 0.2) is 24.3 Å². The molecule has 1 saturated heterocycles. The number of hydrogen-bond acceptors (Lipinski definition) is 3. The van der Waals surface area contributed by atoms with Crippen LogP contribution in [0, 0.1) is 0 Å². The summed E-state index contributed by atoms with van der Waals surface area (Å²) in [6.45, 7) is 1.97. The molecule has 2 atom stereocenters. The van der Waals surface area contributed by atoms with Crippen LogP contribution in [0.2, 0.25) is 0 Å². The highest BCUT2D eigenvalue weighted by molar-refractivity contribution is 5.38. The summed E-state index contributed by atoms with van der Waals surface area (Å²) in [5.41, 5.74) is 0.769. The molecule has 16 heavy (non-hydrogen) atoms. The predicted molar refractivity (Wildman–Crippen MR) is 61.5 cm³/mol. The second-order valence-electron chi connectivity index (χ2n) is 5.03. The zero-order valence-electron chi connectivity index (χ0n) is 9.52. The Hall–Kier alpha value is -1.06. The maximum atomic E-state index is 10.2. The number of benzene rings is 1. The van der Waals surface area contributed by atoms with Gasteiger partial charge in [0.05, 0.1) is 6.10 Å². The summed E-state index contributed by atoms with van der Waals surface area (Å²) in [6.07, 6.45) is 1.35. The summed E-state index contributed by atoms with van der Waals surface area (Å²) >= 11 is 0. The van der Waals surface area contributed by atoms with Gasteiger partial charge in [0.15, 0.2) is 0 Å². The van der Waals surface area contributed by atoms with Crippen LogP contribution in [0.1, 0.15) is 24.5 Å². The summed E-state index contributed by atoms with van der Waals surface area (Å²) in [5, 5.41) is 10.2. The summed E-state index contributed by atoms with van der Waals surface area (Å²) in [5.74, 6) is 0.858. The molecular formula is C13H17NO2. The van der Waals surface area contributed by atoms with E-state index in [0.717, 1.165) is 30.8 Å². The third-order valence-electron chi connectivity index (χ3n) is 3.68. The largest absolute Gasteiger partial charge is 0.485 e. The maximum Gasteiger partial charge on any atom is 0.126 e. The number of likely N-dealkylation sites (tertiary alicyclic amines) is 1. The van der Waals surface area contributed by atoms with Gasteiger partial charge in [-0.25, -0.2) is 0 Å². The Bertz CT molecular complexity index is 407. The molecule has 1 fully saturated rings. The van der Waals surface area contributed by atoms with E-state index in [4.69, 9.17) is 4.74 Å². The number of aliphatic hydroxyl groups excluding tert-OH is 1. The van der Waals surface area contributed by atoms with Crippen molar-refractivity contribution in [2.24, 2.45) is 0 Å². The fourth-order valence-electron chi connectivity index (χ4n) is 2.88. The molecule has 0 bridgehead atoms. The lowest BCUT2D eigenvalue weighted by molar-refractivity contribution is -0.00577. The Morgan fingerprint density at radius 3 is 3.00 bits per heavy atom. The highest BCUT2D eigenvalue weighted by atomic mass is 16.5. The highest BCUT2D eigenvalue weighted by Gasteiger charge is 2.44. The van der Waals surface area contributed by atoms with Crippen molar-refractivity contribution in [2.75, 3.05) is 20.1 Å². The van der Waals surface area contributed by atoms with E-state index in [0.29, 0.717) is 6.42 Å². The van der Waals surface area contributed by atoms with E-state index < -0.39 is 0 Å². The molecule has 2 aliphatic heterocycles. The van der Waals surface area contributed by atoms with Crippen molar-refractivity contribution in [3.8, 4) is 5.75 Å². The first-order chi connectivity index (χ1) is 7.69. The molecule has 1 aromatic rings. The minimum atomic E-state index is -0.378. The fraction of sp³-hybridized carbons (Fsp3) is 0.538. The van der Waals surface area contributed by atoms with Gasteiger partial charge in [-0.2, -0.15) is 0 Å². The molecule has 86 valence electrons. The molecule has 1 N–H and O–H groups in total. The first kappa shape index (κ1) is 10.1. The molecule has 2 heterocycles. The van der Waals surface area contributed by atoms with Crippen LogP contribution in [0.3, 0.4) is 0 Å². The van der Waals surface area contributed by atoms with Crippen molar-refractivity contribution in [2.45, 2.75) is 24.5 Å². The quantitative estimate of drug-likeness (QED) is 0.719. The molecule has 0 saturated carbocycles. The molecule has 2 aliphatic rings. The smallest absolute Gasteiger partial charge is 0.126 e. The van der Waals surface area contributed by atoms with Gasteiger partial charge < -0.3 is 14.7 Å². The number of nitrogens with zero attached hydrogens (tertiary/aromatic N) is 1. The average Bonchev–Trinajstić information content (AvgIpc) is 2.59. The van der Waals surface area contributed by atoms with E-state index in [-0.39, 0.29) is 11.7 Å². The lowest BCUT2D eigenvalue weighted by Gasteiger charge is -2.38. The Morgan fingerprint density at radius 1 is 1.44 bits per heavy atom. The van der Waals surface area contributed by atoms with E-state index in [9.17, 15) is 5.11 Å². The minimum absolute atomic E-state index is 0.164. The van der Waals surface area contributed by atoms with E-state index in [1.807, 2.05) is 24.3 Å². The van der Waals surface area contributed by atoms with Crippen molar-refractivity contribution in [3.63, 3.8) is 0 Å². The fourth-order valence-corrected chi connectivity index (χ4v) is 2.88. The van der Waals surface area contributed by atoms with E-state index in [1.54, 1.807) is 0 Å². The first-order valence-electron chi connectivity index (χ1n) is 5.83. The number of fused-ring (bicyclic) bond motifs is 1. The lowest BCUT2D eigenvalue weighted by Crippen LogP contribution is -2.43. The van der Waals surface area contributed by atoms with Gasteiger partial charge in [-0.1, -0.05) is 18.2 Å². The van der Waals surface area contributed by atoms with Crippen molar-refractivity contribution in [1.29, 1.82) is 0 Å². The second-order valence-corrected chi connectivity index (χ2v) is 5.03. The predicted octanol–water partition coefficient (Wildman–Crippen LogP) is 1.58. The molecule has 3 heteroatoms. The SMILES string of the molecule is CN1CCC2(C[C@@H](O)c3ccccc3O2)C1. The second kappa shape index (κ2) is 3.47.